The molecule has 19 heavy (non-hydrogen) atoms. The summed E-state index contributed by atoms with van der Waals surface area (Å²) >= 11 is 0. The van der Waals surface area contributed by atoms with E-state index in [-0.39, 0.29) is 0 Å². The van der Waals surface area contributed by atoms with Gasteiger partial charge in [0.15, 0.2) is 0 Å². The van der Waals surface area contributed by atoms with E-state index in [0.29, 0.717) is 0 Å². The van der Waals surface area contributed by atoms with Gasteiger partial charge in [-0.05, 0) is 66.7 Å². The second-order valence-electron chi connectivity index (χ2n) is 6.46. The van der Waals surface area contributed by atoms with Crippen LogP contribution in [0.2, 0.25) is 0 Å². The SMILES string of the molecule is COc1ccc(N)c(CNC2C3C4CCC(C4)C23)c1. The van der Waals surface area contributed by atoms with Crippen LogP contribution in [0.1, 0.15) is 24.8 Å². The molecule has 3 saturated carbocycles. The summed E-state index contributed by atoms with van der Waals surface area (Å²) in [6.45, 7) is 0.875. The molecule has 3 aliphatic carbocycles. The van der Waals surface area contributed by atoms with Gasteiger partial charge >= 0.3 is 0 Å². The van der Waals surface area contributed by atoms with Crippen molar-refractivity contribution in [3.8, 4) is 5.75 Å². The molecule has 0 aromatic heterocycles. The number of nitrogens with two attached hydrogens (primary N) is 1. The van der Waals surface area contributed by atoms with E-state index in [4.69, 9.17) is 10.5 Å². The van der Waals surface area contributed by atoms with Crippen molar-refractivity contribution in [2.75, 3.05) is 12.8 Å². The summed E-state index contributed by atoms with van der Waals surface area (Å²) in [7, 11) is 1.70. The van der Waals surface area contributed by atoms with Crippen LogP contribution in [0.3, 0.4) is 0 Å². The molecule has 3 N–H and O–H groups in total. The second kappa shape index (κ2) is 4.14. The lowest BCUT2D eigenvalue weighted by Gasteiger charge is -2.12. The number of rotatable bonds is 4. The lowest BCUT2D eigenvalue weighted by atomic mass is 10.0. The van der Waals surface area contributed by atoms with Crippen molar-refractivity contribution in [1.82, 2.24) is 5.32 Å². The maximum atomic E-state index is 6.04. The summed E-state index contributed by atoms with van der Waals surface area (Å²) in [5, 5.41) is 3.73. The highest BCUT2D eigenvalue weighted by Crippen LogP contribution is 2.65. The number of methoxy groups -OCH3 is 1. The fourth-order valence-electron chi connectivity index (χ4n) is 4.69. The molecule has 4 rings (SSSR count). The van der Waals surface area contributed by atoms with Crippen molar-refractivity contribution >= 4 is 5.69 Å². The maximum absolute atomic E-state index is 6.04. The van der Waals surface area contributed by atoms with Gasteiger partial charge in [-0.1, -0.05) is 0 Å². The number of anilines is 1. The summed E-state index contributed by atoms with van der Waals surface area (Å²) in [5.41, 5.74) is 8.06. The Hall–Kier alpha value is -1.22. The Morgan fingerprint density at radius 3 is 2.68 bits per heavy atom. The van der Waals surface area contributed by atoms with E-state index in [1.165, 1.54) is 19.3 Å². The van der Waals surface area contributed by atoms with Gasteiger partial charge < -0.3 is 15.8 Å². The van der Waals surface area contributed by atoms with Gasteiger partial charge in [-0.25, -0.2) is 0 Å². The number of hydrogen-bond acceptors (Lipinski definition) is 3. The monoisotopic (exact) mass is 258 g/mol. The Morgan fingerprint density at radius 1 is 1.26 bits per heavy atom. The lowest BCUT2D eigenvalue weighted by Crippen LogP contribution is -2.23. The van der Waals surface area contributed by atoms with Crippen LogP contribution in [0.5, 0.6) is 5.75 Å². The van der Waals surface area contributed by atoms with Crippen molar-refractivity contribution in [1.29, 1.82) is 0 Å². The Bertz CT molecular complexity index is 486. The quantitative estimate of drug-likeness (QED) is 0.815. The molecule has 102 valence electrons. The first-order valence-corrected chi connectivity index (χ1v) is 7.43. The number of hydrogen-bond donors (Lipinski definition) is 2. The van der Waals surface area contributed by atoms with Crippen LogP contribution in [0.4, 0.5) is 5.69 Å². The zero-order chi connectivity index (χ0) is 13.0. The first kappa shape index (κ1) is 11.6. The third kappa shape index (κ3) is 1.75. The average Bonchev–Trinajstić information content (AvgIpc) is 2.81. The van der Waals surface area contributed by atoms with Gasteiger partial charge in [-0.15, -0.1) is 0 Å². The molecule has 0 heterocycles. The number of ether oxygens (including phenoxy) is 1. The van der Waals surface area contributed by atoms with E-state index in [1.54, 1.807) is 7.11 Å². The van der Waals surface area contributed by atoms with Crippen molar-refractivity contribution in [3.63, 3.8) is 0 Å². The molecule has 4 unspecified atom stereocenters. The lowest BCUT2D eigenvalue weighted by molar-refractivity contribution is 0.413. The Morgan fingerprint density at radius 2 is 2.00 bits per heavy atom. The smallest absolute Gasteiger partial charge is 0.119 e. The summed E-state index contributed by atoms with van der Waals surface area (Å²) in [6.07, 6.45) is 4.46. The molecule has 3 fully saturated rings. The number of nitrogens with one attached hydrogen (secondary N) is 1. The first-order chi connectivity index (χ1) is 9.28. The van der Waals surface area contributed by atoms with Crippen LogP contribution in [-0.2, 0) is 6.54 Å². The summed E-state index contributed by atoms with van der Waals surface area (Å²) in [4.78, 5) is 0. The summed E-state index contributed by atoms with van der Waals surface area (Å²) in [5.74, 6) is 4.89. The van der Waals surface area contributed by atoms with E-state index >= 15 is 0 Å². The maximum Gasteiger partial charge on any atom is 0.119 e. The molecule has 0 aliphatic heterocycles. The van der Waals surface area contributed by atoms with Gasteiger partial charge in [0, 0.05) is 18.3 Å². The molecule has 1 aromatic carbocycles. The van der Waals surface area contributed by atoms with Gasteiger partial charge in [0.2, 0.25) is 0 Å². The van der Waals surface area contributed by atoms with Crippen LogP contribution in [0.25, 0.3) is 0 Å². The normalized spacial score (nSPS) is 38.3. The van der Waals surface area contributed by atoms with Gasteiger partial charge in [0.05, 0.1) is 7.11 Å². The van der Waals surface area contributed by atoms with E-state index < -0.39 is 0 Å². The zero-order valence-corrected chi connectivity index (χ0v) is 11.4. The third-order valence-corrected chi connectivity index (χ3v) is 5.61. The highest BCUT2D eigenvalue weighted by atomic mass is 16.5. The summed E-state index contributed by atoms with van der Waals surface area (Å²) in [6, 6.07) is 6.67. The Balaban J connectivity index is 1.41. The van der Waals surface area contributed by atoms with Crippen LogP contribution in [0, 0.1) is 23.7 Å². The van der Waals surface area contributed by atoms with Crippen LogP contribution in [-0.4, -0.2) is 13.2 Å². The summed E-state index contributed by atoms with van der Waals surface area (Å²) < 4.78 is 5.27. The first-order valence-electron chi connectivity index (χ1n) is 7.43. The fourth-order valence-corrected chi connectivity index (χ4v) is 4.69. The van der Waals surface area contributed by atoms with Crippen molar-refractivity contribution < 1.29 is 4.74 Å². The topological polar surface area (TPSA) is 47.3 Å². The molecular weight excluding hydrogens is 236 g/mol. The number of benzene rings is 1. The highest BCUT2D eigenvalue weighted by molar-refractivity contribution is 5.50. The molecule has 0 saturated heterocycles. The molecule has 0 radical (unpaired) electrons. The van der Waals surface area contributed by atoms with Crippen molar-refractivity contribution in [2.24, 2.45) is 23.7 Å². The molecule has 0 amide bonds. The Kier molecular flexibility index (Phi) is 2.52. The number of nitrogen functional groups attached to an aromatic ring is 1. The largest absolute Gasteiger partial charge is 0.497 e. The van der Waals surface area contributed by atoms with Crippen LogP contribution >= 0.6 is 0 Å². The van der Waals surface area contributed by atoms with Crippen molar-refractivity contribution in [3.05, 3.63) is 23.8 Å². The van der Waals surface area contributed by atoms with E-state index in [0.717, 1.165) is 53.3 Å². The van der Waals surface area contributed by atoms with Crippen LogP contribution in [0.15, 0.2) is 18.2 Å². The minimum atomic E-state index is 0.761. The molecule has 4 atom stereocenters. The Labute approximate surface area is 114 Å². The minimum absolute atomic E-state index is 0.761. The van der Waals surface area contributed by atoms with Crippen molar-refractivity contribution in [2.45, 2.75) is 31.8 Å². The molecule has 3 heteroatoms. The van der Waals surface area contributed by atoms with Crippen LogP contribution < -0.4 is 15.8 Å². The molecular formula is C16H22N2O. The zero-order valence-electron chi connectivity index (χ0n) is 11.4. The highest BCUT2D eigenvalue weighted by Gasteiger charge is 2.64. The second-order valence-corrected chi connectivity index (χ2v) is 6.46. The fraction of sp³-hybridized carbons (Fsp3) is 0.625. The predicted octanol–water partition coefficient (Wildman–Crippen LogP) is 2.41. The number of fused-ring (bicyclic) bond motifs is 5. The minimum Gasteiger partial charge on any atom is -0.497 e. The van der Waals surface area contributed by atoms with E-state index in [2.05, 4.69) is 11.4 Å². The third-order valence-electron chi connectivity index (χ3n) is 5.61. The average molecular weight is 258 g/mol. The molecule has 3 aliphatic rings. The van der Waals surface area contributed by atoms with Gasteiger partial charge in [0.1, 0.15) is 5.75 Å². The van der Waals surface area contributed by atoms with Gasteiger partial charge in [-0.3, -0.25) is 0 Å². The predicted molar refractivity (Wildman–Crippen MR) is 75.8 cm³/mol. The molecule has 3 nitrogen and oxygen atoms in total. The van der Waals surface area contributed by atoms with E-state index in [9.17, 15) is 0 Å². The van der Waals surface area contributed by atoms with E-state index in [1.807, 2.05) is 12.1 Å². The standard InChI is InChI=1S/C16H22N2O/c1-19-12-4-5-13(17)11(7-12)8-18-16-14-9-2-3-10(6-9)15(14)16/h4-5,7,9-10,14-16,18H,2-3,6,8,17H2,1H3. The molecule has 2 bridgehead atoms. The molecule has 0 spiro atoms. The van der Waals surface area contributed by atoms with Gasteiger partial charge in [0.25, 0.3) is 0 Å². The van der Waals surface area contributed by atoms with Gasteiger partial charge in [-0.2, -0.15) is 0 Å². The molecule has 1 aromatic rings.